The zero-order chi connectivity index (χ0) is 15.4. The monoisotopic (exact) mass is 303 g/mol. The third-order valence-electron chi connectivity index (χ3n) is 4.57. The van der Waals surface area contributed by atoms with Crippen molar-refractivity contribution in [3.63, 3.8) is 0 Å². The van der Waals surface area contributed by atoms with Gasteiger partial charge in [0.15, 0.2) is 0 Å². The molecule has 2 aliphatic heterocycles. The Morgan fingerprint density at radius 2 is 2.00 bits per heavy atom. The molecule has 2 aliphatic rings. The summed E-state index contributed by atoms with van der Waals surface area (Å²) in [5, 5.41) is 3.06. The Kier molecular flexibility index (Phi) is 4.95. The fourth-order valence-corrected chi connectivity index (χ4v) is 3.31. The first-order valence-corrected chi connectivity index (χ1v) is 8.15. The Bertz CT molecular complexity index is 488. The Balaban J connectivity index is 1.47. The minimum Gasteiger partial charge on any atom is -0.379 e. The average Bonchev–Trinajstić information content (AvgIpc) is 2.54. The molecule has 1 aromatic rings. The summed E-state index contributed by atoms with van der Waals surface area (Å²) in [5.41, 5.74) is 1.23. The van der Waals surface area contributed by atoms with E-state index in [1.807, 2.05) is 23.1 Å². The number of urea groups is 1. The van der Waals surface area contributed by atoms with Crippen molar-refractivity contribution in [2.75, 3.05) is 45.9 Å². The lowest BCUT2D eigenvalue weighted by molar-refractivity contribution is 0.0369. The quantitative estimate of drug-likeness (QED) is 0.921. The third kappa shape index (κ3) is 3.42. The first kappa shape index (κ1) is 15.3. The lowest BCUT2D eigenvalue weighted by Crippen LogP contribution is -2.55. The summed E-state index contributed by atoms with van der Waals surface area (Å²) >= 11 is 0. The van der Waals surface area contributed by atoms with Crippen LogP contribution in [0.25, 0.3) is 0 Å². The van der Waals surface area contributed by atoms with E-state index in [1.54, 1.807) is 0 Å². The second-order valence-electron chi connectivity index (χ2n) is 6.17. The maximum Gasteiger partial charge on any atom is 0.317 e. The molecule has 22 heavy (non-hydrogen) atoms. The van der Waals surface area contributed by atoms with Crippen molar-refractivity contribution in [2.24, 2.45) is 5.92 Å². The second kappa shape index (κ2) is 7.11. The summed E-state index contributed by atoms with van der Waals surface area (Å²) in [4.78, 5) is 16.6. The fraction of sp³-hybridized carbons (Fsp3) is 0.588. The van der Waals surface area contributed by atoms with E-state index in [9.17, 15) is 4.79 Å². The van der Waals surface area contributed by atoms with Gasteiger partial charge in [0.25, 0.3) is 0 Å². The van der Waals surface area contributed by atoms with Crippen LogP contribution in [0.15, 0.2) is 30.3 Å². The van der Waals surface area contributed by atoms with E-state index in [-0.39, 0.29) is 12.1 Å². The predicted molar refractivity (Wildman–Crippen MR) is 85.7 cm³/mol. The van der Waals surface area contributed by atoms with Gasteiger partial charge in [0.1, 0.15) is 0 Å². The Morgan fingerprint density at radius 3 is 2.68 bits per heavy atom. The van der Waals surface area contributed by atoms with Gasteiger partial charge in [0, 0.05) is 32.7 Å². The molecular weight excluding hydrogens is 278 g/mol. The van der Waals surface area contributed by atoms with Crippen LogP contribution in [0, 0.1) is 5.92 Å². The van der Waals surface area contributed by atoms with Gasteiger partial charge in [0.05, 0.1) is 19.3 Å². The van der Waals surface area contributed by atoms with Crippen molar-refractivity contribution in [1.29, 1.82) is 0 Å². The highest BCUT2D eigenvalue weighted by atomic mass is 16.5. The highest BCUT2D eigenvalue weighted by molar-refractivity contribution is 5.75. The fourth-order valence-electron chi connectivity index (χ4n) is 3.31. The molecule has 0 bridgehead atoms. The van der Waals surface area contributed by atoms with Crippen LogP contribution in [0.4, 0.5) is 4.79 Å². The number of benzene rings is 1. The second-order valence-corrected chi connectivity index (χ2v) is 6.17. The Morgan fingerprint density at radius 1 is 1.27 bits per heavy atom. The molecule has 5 heteroatoms. The third-order valence-corrected chi connectivity index (χ3v) is 4.57. The number of amides is 2. The number of rotatable bonds is 4. The van der Waals surface area contributed by atoms with E-state index in [4.69, 9.17) is 4.74 Å². The van der Waals surface area contributed by atoms with E-state index >= 15 is 0 Å². The molecule has 0 aromatic heterocycles. The van der Waals surface area contributed by atoms with Gasteiger partial charge in [-0.15, -0.1) is 0 Å². The molecule has 2 heterocycles. The molecular formula is C17H25N3O2. The summed E-state index contributed by atoms with van der Waals surface area (Å²) < 4.78 is 5.33. The van der Waals surface area contributed by atoms with Crippen LogP contribution in [0.5, 0.6) is 0 Å². The standard InChI is InChI=1S/C17H25N3O2/c1-14-13-20(16(14)15-5-3-2-4-6-15)17(21)18-7-8-19-9-11-22-12-10-19/h2-6,14,16H,7-13H2,1H3,(H,18,21)/t14-,16+/m1/s1. The van der Waals surface area contributed by atoms with E-state index in [2.05, 4.69) is 29.3 Å². The van der Waals surface area contributed by atoms with Crippen molar-refractivity contribution in [3.8, 4) is 0 Å². The zero-order valence-corrected chi connectivity index (χ0v) is 13.2. The summed E-state index contributed by atoms with van der Waals surface area (Å²) in [6.45, 7) is 8.16. The van der Waals surface area contributed by atoms with Crippen molar-refractivity contribution >= 4 is 6.03 Å². The van der Waals surface area contributed by atoms with Crippen LogP contribution < -0.4 is 5.32 Å². The molecule has 0 unspecified atom stereocenters. The van der Waals surface area contributed by atoms with E-state index in [1.165, 1.54) is 5.56 Å². The first-order valence-electron chi connectivity index (χ1n) is 8.15. The molecule has 1 aromatic carbocycles. The van der Waals surface area contributed by atoms with E-state index < -0.39 is 0 Å². The topological polar surface area (TPSA) is 44.8 Å². The summed E-state index contributed by atoms with van der Waals surface area (Å²) in [5.74, 6) is 0.521. The van der Waals surface area contributed by atoms with Gasteiger partial charge < -0.3 is 15.0 Å². The van der Waals surface area contributed by atoms with Gasteiger partial charge in [-0.2, -0.15) is 0 Å². The minimum absolute atomic E-state index is 0.0558. The molecule has 0 spiro atoms. The van der Waals surface area contributed by atoms with Crippen molar-refractivity contribution in [2.45, 2.75) is 13.0 Å². The number of carbonyl (C=O) groups excluding carboxylic acids is 1. The average molecular weight is 303 g/mol. The molecule has 120 valence electrons. The molecule has 2 amide bonds. The molecule has 2 fully saturated rings. The van der Waals surface area contributed by atoms with Crippen LogP contribution in [0.3, 0.4) is 0 Å². The van der Waals surface area contributed by atoms with Crippen molar-refractivity contribution in [1.82, 2.24) is 15.1 Å². The highest BCUT2D eigenvalue weighted by Gasteiger charge is 2.39. The van der Waals surface area contributed by atoms with Crippen molar-refractivity contribution < 1.29 is 9.53 Å². The van der Waals surface area contributed by atoms with Crippen molar-refractivity contribution in [3.05, 3.63) is 35.9 Å². The van der Waals surface area contributed by atoms with E-state index in [0.29, 0.717) is 12.5 Å². The zero-order valence-electron chi connectivity index (χ0n) is 13.2. The maximum absolute atomic E-state index is 12.4. The van der Waals surface area contributed by atoms with Gasteiger partial charge in [0.2, 0.25) is 0 Å². The first-order chi connectivity index (χ1) is 10.8. The van der Waals surface area contributed by atoms with Crippen LogP contribution in [-0.2, 0) is 4.74 Å². The minimum atomic E-state index is 0.0558. The normalized spacial score (nSPS) is 25.6. The van der Waals surface area contributed by atoms with Crippen LogP contribution in [0.2, 0.25) is 0 Å². The summed E-state index contributed by atoms with van der Waals surface area (Å²) in [6.07, 6.45) is 0. The Labute approximate surface area is 132 Å². The number of morpholine rings is 1. The Hall–Kier alpha value is -1.59. The number of carbonyl (C=O) groups is 1. The lowest BCUT2D eigenvalue weighted by Gasteiger charge is -2.46. The van der Waals surface area contributed by atoms with Gasteiger partial charge in [-0.1, -0.05) is 37.3 Å². The number of nitrogens with one attached hydrogen (secondary N) is 1. The summed E-state index contributed by atoms with van der Waals surface area (Å²) in [6, 6.07) is 10.6. The maximum atomic E-state index is 12.4. The molecule has 0 radical (unpaired) electrons. The van der Waals surface area contributed by atoms with Crippen LogP contribution in [-0.4, -0.2) is 61.8 Å². The molecule has 2 atom stereocenters. The smallest absolute Gasteiger partial charge is 0.317 e. The van der Waals surface area contributed by atoms with E-state index in [0.717, 1.165) is 39.4 Å². The van der Waals surface area contributed by atoms with Gasteiger partial charge in [-0.25, -0.2) is 4.79 Å². The number of nitrogens with zero attached hydrogens (tertiary/aromatic N) is 2. The highest BCUT2D eigenvalue weighted by Crippen LogP contribution is 2.38. The van der Waals surface area contributed by atoms with Crippen LogP contribution >= 0.6 is 0 Å². The lowest BCUT2D eigenvalue weighted by atomic mass is 9.85. The van der Waals surface area contributed by atoms with Gasteiger partial charge in [-0.3, -0.25) is 4.90 Å². The molecule has 5 nitrogen and oxygen atoms in total. The summed E-state index contributed by atoms with van der Waals surface area (Å²) in [7, 11) is 0. The number of hydrogen-bond acceptors (Lipinski definition) is 3. The number of likely N-dealkylation sites (tertiary alicyclic amines) is 1. The number of hydrogen-bond donors (Lipinski definition) is 1. The molecule has 3 rings (SSSR count). The van der Waals surface area contributed by atoms with Gasteiger partial charge in [-0.05, 0) is 11.5 Å². The molecule has 2 saturated heterocycles. The predicted octanol–water partition coefficient (Wildman–Crippen LogP) is 1.72. The molecule has 0 saturated carbocycles. The SMILES string of the molecule is C[C@@H]1CN(C(=O)NCCN2CCOCC2)[C@@H]1c1ccccc1. The number of ether oxygens (including phenoxy) is 1. The largest absolute Gasteiger partial charge is 0.379 e. The van der Waals surface area contributed by atoms with Gasteiger partial charge >= 0.3 is 6.03 Å². The molecule has 1 N–H and O–H groups in total. The molecule has 0 aliphatic carbocycles. The van der Waals surface area contributed by atoms with Crippen LogP contribution in [0.1, 0.15) is 18.5 Å².